The molecule has 2 saturated carbocycles. The Morgan fingerprint density at radius 1 is 1.35 bits per heavy atom. The lowest BCUT2D eigenvalue weighted by molar-refractivity contribution is -0.131. The number of fused-ring (bicyclic) bond motifs is 1. The highest BCUT2D eigenvalue weighted by Crippen LogP contribution is 2.61. The maximum absolute atomic E-state index is 12.5. The molecule has 2 aliphatic rings. The van der Waals surface area contributed by atoms with Gasteiger partial charge in [0.2, 0.25) is 0 Å². The first-order valence-electron chi connectivity index (χ1n) is 9.97. The number of hydrogen-bond acceptors (Lipinski definition) is 1. The first kappa shape index (κ1) is 18.7. The van der Waals surface area contributed by atoms with Gasteiger partial charge in [0, 0.05) is 12.3 Å². The van der Waals surface area contributed by atoms with Crippen LogP contribution >= 0.6 is 0 Å². The summed E-state index contributed by atoms with van der Waals surface area (Å²) in [5.41, 5.74) is 0.631. The van der Waals surface area contributed by atoms with E-state index in [9.17, 15) is 4.79 Å². The Hall–Kier alpha value is -0.590. The van der Waals surface area contributed by atoms with E-state index in [2.05, 4.69) is 46.8 Å². The lowest BCUT2D eigenvalue weighted by atomic mass is 9.56. The third-order valence-electron chi connectivity index (χ3n) is 7.05. The summed E-state index contributed by atoms with van der Waals surface area (Å²) in [5, 5.41) is 0. The van der Waals surface area contributed by atoms with Crippen LogP contribution < -0.4 is 0 Å². The highest BCUT2D eigenvalue weighted by Gasteiger charge is 2.55. The summed E-state index contributed by atoms with van der Waals surface area (Å²) in [6.07, 6.45) is 15.4. The van der Waals surface area contributed by atoms with Crippen molar-refractivity contribution in [3.63, 3.8) is 0 Å². The highest BCUT2D eigenvalue weighted by atomic mass is 16.1. The maximum atomic E-state index is 12.5. The second kappa shape index (κ2) is 7.53. The van der Waals surface area contributed by atoms with Gasteiger partial charge in [0.15, 0.2) is 0 Å². The molecule has 0 spiro atoms. The molecule has 0 radical (unpaired) electrons. The van der Waals surface area contributed by atoms with Crippen molar-refractivity contribution in [2.75, 3.05) is 0 Å². The molecule has 1 heteroatoms. The second-order valence-corrected chi connectivity index (χ2v) is 9.22. The molecule has 1 nitrogen and oxygen atoms in total. The third kappa shape index (κ3) is 3.91. The molecule has 0 N–H and O–H groups in total. The van der Waals surface area contributed by atoms with E-state index in [1.54, 1.807) is 0 Å². The second-order valence-electron chi connectivity index (χ2n) is 9.22. The molecule has 4 atom stereocenters. The van der Waals surface area contributed by atoms with E-state index >= 15 is 0 Å². The molecule has 0 saturated heterocycles. The molecule has 2 rings (SSSR count). The number of allylic oxidation sites excluding steroid dienone is 2. The van der Waals surface area contributed by atoms with E-state index in [-0.39, 0.29) is 5.41 Å². The van der Waals surface area contributed by atoms with Crippen LogP contribution in [0.15, 0.2) is 12.2 Å². The average molecular weight is 319 g/mol. The summed E-state index contributed by atoms with van der Waals surface area (Å²) in [6, 6.07) is 0. The van der Waals surface area contributed by atoms with Gasteiger partial charge in [-0.1, -0.05) is 52.7 Å². The summed E-state index contributed by atoms with van der Waals surface area (Å²) < 4.78 is 0. The molecular weight excluding hydrogens is 280 g/mol. The van der Waals surface area contributed by atoms with Gasteiger partial charge in [-0.25, -0.2) is 0 Å². The van der Waals surface area contributed by atoms with Crippen molar-refractivity contribution in [2.45, 2.75) is 92.4 Å². The van der Waals surface area contributed by atoms with Gasteiger partial charge in [0.1, 0.15) is 5.78 Å². The van der Waals surface area contributed by atoms with Gasteiger partial charge in [0.05, 0.1) is 0 Å². The molecule has 2 aliphatic carbocycles. The van der Waals surface area contributed by atoms with Gasteiger partial charge in [-0.3, -0.25) is 4.79 Å². The first-order valence-corrected chi connectivity index (χ1v) is 9.97. The number of carbonyl (C=O) groups is 1. The summed E-state index contributed by atoms with van der Waals surface area (Å²) >= 11 is 0. The zero-order valence-corrected chi connectivity index (χ0v) is 16.2. The lowest BCUT2D eigenvalue weighted by Crippen LogP contribution is -2.43. The van der Waals surface area contributed by atoms with Crippen LogP contribution in [0.1, 0.15) is 92.4 Å². The van der Waals surface area contributed by atoms with Gasteiger partial charge in [-0.2, -0.15) is 0 Å². The predicted octanol–water partition coefficient (Wildman–Crippen LogP) is 6.57. The van der Waals surface area contributed by atoms with E-state index in [4.69, 9.17) is 0 Å². The molecule has 23 heavy (non-hydrogen) atoms. The summed E-state index contributed by atoms with van der Waals surface area (Å²) in [6.45, 7) is 11.8. The van der Waals surface area contributed by atoms with Gasteiger partial charge >= 0.3 is 0 Å². The van der Waals surface area contributed by atoms with Crippen LogP contribution in [0.4, 0.5) is 0 Å². The van der Waals surface area contributed by atoms with Crippen LogP contribution in [0.5, 0.6) is 0 Å². The molecule has 0 aliphatic heterocycles. The van der Waals surface area contributed by atoms with Crippen molar-refractivity contribution in [1.29, 1.82) is 0 Å². The van der Waals surface area contributed by atoms with Crippen LogP contribution in [-0.2, 0) is 4.79 Å². The number of ketones is 1. The molecule has 0 aromatic carbocycles. The molecule has 0 aromatic heterocycles. The van der Waals surface area contributed by atoms with Crippen molar-refractivity contribution in [3.8, 4) is 0 Å². The van der Waals surface area contributed by atoms with E-state index < -0.39 is 0 Å². The molecule has 0 aromatic rings. The largest absolute Gasteiger partial charge is 0.299 e. The Bertz CT molecular complexity index is 435. The van der Waals surface area contributed by atoms with E-state index in [0.29, 0.717) is 23.0 Å². The normalized spacial score (nSPS) is 34.1. The van der Waals surface area contributed by atoms with Crippen LogP contribution in [0.2, 0.25) is 0 Å². The SMILES string of the molecule is C/C=C/C[C@](C)(CCCC(C)C)[C@H]1CCC2C(=O)CCC[C@@]21C. The van der Waals surface area contributed by atoms with Crippen molar-refractivity contribution >= 4 is 5.78 Å². The van der Waals surface area contributed by atoms with Gasteiger partial charge in [-0.05, 0) is 68.1 Å². The Labute approximate surface area is 144 Å². The fourth-order valence-corrected chi connectivity index (χ4v) is 5.79. The van der Waals surface area contributed by atoms with Crippen molar-refractivity contribution < 1.29 is 4.79 Å². The van der Waals surface area contributed by atoms with Crippen LogP contribution in [0.25, 0.3) is 0 Å². The van der Waals surface area contributed by atoms with Gasteiger partial charge < -0.3 is 0 Å². The number of rotatable bonds is 7. The minimum absolute atomic E-state index is 0.267. The fourth-order valence-electron chi connectivity index (χ4n) is 5.79. The van der Waals surface area contributed by atoms with Crippen LogP contribution in [0, 0.1) is 28.6 Å². The minimum Gasteiger partial charge on any atom is -0.299 e. The Morgan fingerprint density at radius 2 is 2.09 bits per heavy atom. The van der Waals surface area contributed by atoms with Crippen molar-refractivity contribution in [1.82, 2.24) is 0 Å². The Balaban J connectivity index is 2.19. The number of Topliss-reactive ketones (excluding diaryl/α,β-unsaturated/α-hetero) is 1. The zero-order valence-electron chi connectivity index (χ0n) is 16.2. The van der Waals surface area contributed by atoms with Gasteiger partial charge in [-0.15, -0.1) is 0 Å². The topological polar surface area (TPSA) is 17.1 Å². The number of hydrogen-bond donors (Lipinski definition) is 0. The Kier molecular flexibility index (Phi) is 6.14. The fraction of sp³-hybridized carbons (Fsp3) is 0.864. The lowest BCUT2D eigenvalue weighted by Gasteiger charge is -2.48. The molecule has 132 valence electrons. The van der Waals surface area contributed by atoms with E-state index in [1.165, 1.54) is 38.5 Å². The van der Waals surface area contributed by atoms with Gasteiger partial charge in [0.25, 0.3) is 0 Å². The van der Waals surface area contributed by atoms with E-state index in [1.807, 2.05) is 0 Å². The van der Waals surface area contributed by atoms with Crippen LogP contribution in [-0.4, -0.2) is 5.78 Å². The van der Waals surface area contributed by atoms with E-state index in [0.717, 1.165) is 25.2 Å². The third-order valence-corrected chi connectivity index (χ3v) is 7.05. The monoisotopic (exact) mass is 318 g/mol. The summed E-state index contributed by atoms with van der Waals surface area (Å²) in [7, 11) is 0. The molecule has 0 heterocycles. The first-order chi connectivity index (χ1) is 10.8. The van der Waals surface area contributed by atoms with Crippen molar-refractivity contribution in [2.24, 2.45) is 28.6 Å². The highest BCUT2D eigenvalue weighted by molar-refractivity contribution is 5.83. The molecule has 0 bridgehead atoms. The molecule has 2 fully saturated rings. The molecule has 1 unspecified atom stereocenters. The Morgan fingerprint density at radius 3 is 2.74 bits per heavy atom. The maximum Gasteiger partial charge on any atom is 0.136 e. The van der Waals surface area contributed by atoms with Crippen LogP contribution in [0.3, 0.4) is 0 Å². The minimum atomic E-state index is 0.267. The molecular formula is C22H38O. The molecule has 0 amide bonds. The summed E-state index contributed by atoms with van der Waals surface area (Å²) in [4.78, 5) is 12.5. The predicted molar refractivity (Wildman–Crippen MR) is 99.4 cm³/mol. The zero-order chi connectivity index (χ0) is 17.1. The average Bonchev–Trinajstić information content (AvgIpc) is 2.84. The summed E-state index contributed by atoms with van der Waals surface area (Å²) in [5.74, 6) is 2.44. The number of carbonyl (C=O) groups excluding carboxylic acids is 1. The van der Waals surface area contributed by atoms with Crippen molar-refractivity contribution in [3.05, 3.63) is 12.2 Å². The standard InChI is InChI=1S/C22H38O/c1-6-7-14-21(4,15-8-10-17(2)3)20-13-12-18-19(23)11-9-16-22(18,20)5/h6-7,17-18,20H,8-16H2,1-5H3/b7-6+/t18?,20-,21-,22+/m1/s1. The smallest absolute Gasteiger partial charge is 0.136 e. The quantitative estimate of drug-likeness (QED) is 0.485.